The summed E-state index contributed by atoms with van der Waals surface area (Å²) in [6.07, 6.45) is -0.881. The van der Waals surface area contributed by atoms with E-state index in [1.54, 1.807) is 31.4 Å². The molecule has 0 saturated heterocycles. The van der Waals surface area contributed by atoms with Gasteiger partial charge in [-0.1, -0.05) is 16.6 Å². The topological polar surface area (TPSA) is 117 Å². The molecule has 0 aliphatic carbocycles. The Morgan fingerprint density at radius 2 is 1.71 bits per heavy atom. The first kappa shape index (κ1) is 21.6. The zero-order valence-electron chi connectivity index (χ0n) is 15.7. The molecule has 3 N–H and O–H groups in total. The molecule has 0 aliphatic rings. The number of amides is 2. The largest absolute Gasteiger partial charge is 0.497 e. The van der Waals surface area contributed by atoms with Crippen molar-refractivity contribution in [2.24, 2.45) is 0 Å². The van der Waals surface area contributed by atoms with Crippen LogP contribution in [-0.2, 0) is 14.9 Å². The second-order valence-corrected chi connectivity index (χ2v) is 7.68. The van der Waals surface area contributed by atoms with Crippen molar-refractivity contribution in [1.82, 2.24) is 9.79 Å². The van der Waals surface area contributed by atoms with E-state index in [2.05, 4.69) is 10.6 Å². The number of rotatable bonds is 8. The van der Waals surface area contributed by atoms with Crippen molar-refractivity contribution in [2.75, 3.05) is 33.1 Å². The number of sulfonamides is 1. The second-order valence-electron chi connectivity index (χ2n) is 5.75. The number of hydroxylamine groups is 1. The third-order valence-electron chi connectivity index (χ3n) is 3.96. The molecule has 2 amide bonds. The molecule has 1 unspecified atom stereocenters. The van der Waals surface area contributed by atoms with Crippen LogP contribution < -0.4 is 15.4 Å². The fourth-order valence-corrected chi connectivity index (χ4v) is 3.24. The normalized spacial score (nSPS) is 12.5. The predicted octanol–water partition coefficient (Wildman–Crippen LogP) is 1.73. The lowest BCUT2D eigenvalue weighted by Crippen LogP contribution is -2.32. The molecule has 0 bridgehead atoms. The fraction of sp³-hybridized carbons (Fsp3) is 0.278. The number of aliphatic hydroxyl groups excluding tert-OH is 1. The van der Waals surface area contributed by atoms with Gasteiger partial charge in [0.05, 0.1) is 25.2 Å². The monoisotopic (exact) mass is 409 g/mol. The zero-order chi connectivity index (χ0) is 20.7. The highest BCUT2D eigenvalue weighted by molar-refractivity contribution is 7.89. The van der Waals surface area contributed by atoms with Gasteiger partial charge in [-0.25, -0.2) is 13.2 Å². The van der Waals surface area contributed by atoms with Gasteiger partial charge in [0, 0.05) is 19.3 Å². The van der Waals surface area contributed by atoms with Crippen LogP contribution in [0, 0.1) is 0 Å². The first-order valence-corrected chi connectivity index (χ1v) is 9.72. The van der Waals surface area contributed by atoms with E-state index in [1.807, 2.05) is 0 Å². The molecule has 0 aliphatic heterocycles. The quantitative estimate of drug-likeness (QED) is 0.572. The van der Waals surface area contributed by atoms with Crippen molar-refractivity contribution in [3.8, 4) is 5.75 Å². The highest BCUT2D eigenvalue weighted by Crippen LogP contribution is 2.18. The minimum absolute atomic E-state index is 0.00323. The lowest BCUT2D eigenvalue weighted by atomic mass is 10.1. The summed E-state index contributed by atoms with van der Waals surface area (Å²) in [6, 6.07) is 11.9. The van der Waals surface area contributed by atoms with Crippen LogP contribution in [0.5, 0.6) is 5.75 Å². The average Bonchev–Trinajstić information content (AvgIpc) is 2.71. The van der Waals surface area contributed by atoms with E-state index in [-0.39, 0.29) is 11.4 Å². The SMILES string of the molecule is COc1ccc(C(O)CNC(=O)Nc2ccc(S(=O)(=O)N(C)OC)cc2)cc1. The van der Waals surface area contributed by atoms with Crippen molar-refractivity contribution < 1.29 is 27.9 Å². The Hall–Kier alpha value is -2.66. The number of ether oxygens (including phenoxy) is 1. The summed E-state index contributed by atoms with van der Waals surface area (Å²) < 4.78 is 30.0. The highest BCUT2D eigenvalue weighted by Gasteiger charge is 2.20. The van der Waals surface area contributed by atoms with E-state index in [1.165, 1.54) is 38.4 Å². The summed E-state index contributed by atoms with van der Waals surface area (Å²) >= 11 is 0. The molecule has 28 heavy (non-hydrogen) atoms. The van der Waals surface area contributed by atoms with Gasteiger partial charge in [0.25, 0.3) is 10.0 Å². The maximum Gasteiger partial charge on any atom is 0.319 e. The molecule has 0 radical (unpaired) electrons. The molecule has 2 aromatic rings. The molecule has 0 saturated carbocycles. The van der Waals surface area contributed by atoms with Crippen LogP contribution in [0.1, 0.15) is 11.7 Å². The molecule has 1 atom stereocenters. The predicted molar refractivity (Wildman–Crippen MR) is 103 cm³/mol. The number of nitrogens with zero attached hydrogens (tertiary/aromatic N) is 1. The molecule has 10 heteroatoms. The molecule has 0 heterocycles. The van der Waals surface area contributed by atoms with Gasteiger partial charge < -0.3 is 20.5 Å². The van der Waals surface area contributed by atoms with Gasteiger partial charge in [0.1, 0.15) is 5.75 Å². The molecular weight excluding hydrogens is 386 g/mol. The van der Waals surface area contributed by atoms with Gasteiger partial charge in [-0.15, -0.1) is 0 Å². The number of anilines is 1. The summed E-state index contributed by atoms with van der Waals surface area (Å²) in [4.78, 5) is 16.7. The first-order valence-electron chi connectivity index (χ1n) is 8.28. The Morgan fingerprint density at radius 1 is 1.11 bits per heavy atom. The third-order valence-corrected chi connectivity index (χ3v) is 5.66. The molecule has 9 nitrogen and oxygen atoms in total. The van der Waals surface area contributed by atoms with E-state index in [4.69, 9.17) is 9.57 Å². The highest BCUT2D eigenvalue weighted by atomic mass is 32.2. The Morgan fingerprint density at radius 3 is 2.25 bits per heavy atom. The molecule has 152 valence electrons. The van der Waals surface area contributed by atoms with Crippen LogP contribution in [0.15, 0.2) is 53.4 Å². The van der Waals surface area contributed by atoms with E-state index in [0.29, 0.717) is 17.0 Å². The molecule has 0 spiro atoms. The maximum atomic E-state index is 12.1. The van der Waals surface area contributed by atoms with Gasteiger partial charge in [-0.3, -0.25) is 4.84 Å². The number of hydrogen-bond acceptors (Lipinski definition) is 6. The van der Waals surface area contributed by atoms with Gasteiger partial charge in [0.2, 0.25) is 0 Å². The molecule has 2 aromatic carbocycles. The van der Waals surface area contributed by atoms with Crippen molar-refractivity contribution in [2.45, 2.75) is 11.0 Å². The maximum absolute atomic E-state index is 12.1. The summed E-state index contributed by atoms with van der Waals surface area (Å²) in [5.74, 6) is 0.670. The number of urea groups is 1. The van der Waals surface area contributed by atoms with E-state index in [0.717, 1.165) is 4.47 Å². The van der Waals surface area contributed by atoms with Gasteiger partial charge in [0.15, 0.2) is 0 Å². The Balaban J connectivity index is 1.90. The number of hydrogen-bond donors (Lipinski definition) is 3. The number of carbonyl (C=O) groups is 1. The van der Waals surface area contributed by atoms with E-state index in [9.17, 15) is 18.3 Å². The van der Waals surface area contributed by atoms with Crippen LogP contribution in [-0.4, -0.2) is 51.8 Å². The van der Waals surface area contributed by atoms with E-state index < -0.39 is 22.2 Å². The average molecular weight is 409 g/mol. The molecule has 2 rings (SSSR count). The third kappa shape index (κ3) is 5.42. The van der Waals surface area contributed by atoms with E-state index >= 15 is 0 Å². The van der Waals surface area contributed by atoms with Crippen LogP contribution in [0.25, 0.3) is 0 Å². The number of aliphatic hydroxyl groups is 1. The summed E-state index contributed by atoms with van der Waals surface area (Å²) in [7, 11) is 0.329. The number of benzene rings is 2. The molecule has 0 fully saturated rings. The Kier molecular flexibility index (Phi) is 7.35. The van der Waals surface area contributed by atoms with Gasteiger partial charge >= 0.3 is 6.03 Å². The van der Waals surface area contributed by atoms with Crippen LogP contribution in [0.2, 0.25) is 0 Å². The lowest BCUT2D eigenvalue weighted by Gasteiger charge is -2.15. The Labute approximate surface area is 163 Å². The Bertz CT molecular complexity index is 885. The lowest BCUT2D eigenvalue weighted by molar-refractivity contribution is -0.0258. The van der Waals surface area contributed by atoms with Crippen LogP contribution in [0.3, 0.4) is 0 Å². The number of methoxy groups -OCH3 is 1. The summed E-state index contributed by atoms with van der Waals surface area (Å²) in [5, 5.41) is 15.3. The van der Waals surface area contributed by atoms with Crippen molar-refractivity contribution in [3.05, 3.63) is 54.1 Å². The van der Waals surface area contributed by atoms with Crippen molar-refractivity contribution in [1.29, 1.82) is 0 Å². The van der Waals surface area contributed by atoms with Crippen molar-refractivity contribution in [3.63, 3.8) is 0 Å². The second kappa shape index (κ2) is 9.51. The first-order chi connectivity index (χ1) is 13.3. The van der Waals surface area contributed by atoms with Gasteiger partial charge in [-0.2, -0.15) is 0 Å². The van der Waals surface area contributed by atoms with Crippen molar-refractivity contribution >= 4 is 21.7 Å². The summed E-state index contributed by atoms with van der Waals surface area (Å²) in [5.41, 5.74) is 1.04. The van der Waals surface area contributed by atoms with Gasteiger partial charge in [-0.05, 0) is 42.0 Å². The number of carbonyl (C=O) groups excluding carboxylic acids is 1. The molecule has 0 aromatic heterocycles. The van der Waals surface area contributed by atoms with Crippen LogP contribution >= 0.6 is 0 Å². The number of nitrogens with one attached hydrogen (secondary N) is 2. The minimum Gasteiger partial charge on any atom is -0.497 e. The molecular formula is C18H23N3O6S. The summed E-state index contributed by atoms with van der Waals surface area (Å²) in [6.45, 7) is 0.00323. The smallest absolute Gasteiger partial charge is 0.319 e. The zero-order valence-corrected chi connectivity index (χ0v) is 16.6. The van der Waals surface area contributed by atoms with Crippen LogP contribution in [0.4, 0.5) is 10.5 Å². The minimum atomic E-state index is -3.75. The standard InChI is InChI=1S/C18H23N3O6S/c1-21(27-3)28(24,25)16-10-6-14(7-11-16)20-18(23)19-12-17(22)13-4-8-15(26-2)9-5-13/h4-11,17,22H,12H2,1-3H3,(H2,19,20,23). The fourth-order valence-electron chi connectivity index (χ4n) is 2.27.